The highest BCUT2D eigenvalue weighted by Gasteiger charge is 2.10. The molecule has 0 unspecified atom stereocenters. The minimum absolute atomic E-state index is 0.0280. The second-order valence-electron chi connectivity index (χ2n) is 4.83. The van der Waals surface area contributed by atoms with Crippen molar-refractivity contribution in [2.24, 2.45) is 5.73 Å². The Morgan fingerprint density at radius 3 is 2.29 bits per heavy atom. The van der Waals surface area contributed by atoms with E-state index in [0.29, 0.717) is 16.3 Å². The first-order valence-corrected chi connectivity index (χ1v) is 6.77. The van der Waals surface area contributed by atoms with Gasteiger partial charge in [-0.1, -0.05) is 12.2 Å². The Labute approximate surface area is 127 Å². The molecule has 0 atom stereocenters. The van der Waals surface area contributed by atoms with Crippen molar-refractivity contribution in [1.29, 1.82) is 0 Å². The number of thiocarbonyl (C=S) groups is 1. The van der Waals surface area contributed by atoms with E-state index in [1.807, 2.05) is 26.0 Å². The first kappa shape index (κ1) is 15.4. The molecular formula is C16H15F2NOS. The van der Waals surface area contributed by atoms with Crippen LogP contribution in [0.2, 0.25) is 0 Å². The monoisotopic (exact) mass is 307 g/mol. The Balaban J connectivity index is 2.22. The molecule has 0 amide bonds. The molecule has 5 heteroatoms. The van der Waals surface area contributed by atoms with Crippen molar-refractivity contribution in [1.82, 2.24) is 0 Å². The summed E-state index contributed by atoms with van der Waals surface area (Å²) < 4.78 is 32.1. The summed E-state index contributed by atoms with van der Waals surface area (Å²) in [6.07, 6.45) is 0. The third-order valence-electron chi connectivity index (χ3n) is 3.13. The fourth-order valence-electron chi connectivity index (χ4n) is 2.11. The van der Waals surface area contributed by atoms with Gasteiger partial charge in [0.05, 0.1) is 0 Å². The zero-order chi connectivity index (χ0) is 15.6. The lowest BCUT2D eigenvalue weighted by Gasteiger charge is -2.14. The van der Waals surface area contributed by atoms with Gasteiger partial charge in [-0.3, -0.25) is 0 Å². The number of halogens is 2. The molecule has 0 radical (unpaired) electrons. The van der Waals surface area contributed by atoms with Crippen LogP contribution in [0.25, 0.3) is 0 Å². The Bertz CT molecular complexity index is 678. The van der Waals surface area contributed by atoms with E-state index in [4.69, 9.17) is 22.7 Å². The smallest absolute Gasteiger partial charge is 0.132 e. The maximum Gasteiger partial charge on any atom is 0.132 e. The number of benzene rings is 2. The van der Waals surface area contributed by atoms with Crippen LogP contribution in [-0.2, 0) is 6.61 Å². The molecule has 0 fully saturated rings. The van der Waals surface area contributed by atoms with E-state index in [2.05, 4.69) is 0 Å². The molecule has 0 aliphatic rings. The average molecular weight is 307 g/mol. The molecule has 2 nitrogen and oxygen atoms in total. The van der Waals surface area contributed by atoms with Crippen LogP contribution in [0.3, 0.4) is 0 Å². The number of nitrogens with two attached hydrogens (primary N) is 1. The zero-order valence-corrected chi connectivity index (χ0v) is 12.6. The Morgan fingerprint density at radius 1 is 1.14 bits per heavy atom. The van der Waals surface area contributed by atoms with Gasteiger partial charge in [-0.25, -0.2) is 8.78 Å². The third kappa shape index (κ3) is 3.55. The summed E-state index contributed by atoms with van der Waals surface area (Å²) in [5, 5.41) is 0. The van der Waals surface area contributed by atoms with Crippen LogP contribution >= 0.6 is 12.2 Å². The fourth-order valence-corrected chi connectivity index (χ4v) is 2.23. The van der Waals surface area contributed by atoms with Crippen molar-refractivity contribution in [3.8, 4) is 5.75 Å². The summed E-state index contributed by atoms with van der Waals surface area (Å²) in [5.74, 6) is -0.576. The Hall–Kier alpha value is -2.01. The van der Waals surface area contributed by atoms with E-state index in [9.17, 15) is 8.78 Å². The van der Waals surface area contributed by atoms with Gasteiger partial charge in [0.15, 0.2) is 0 Å². The molecule has 0 aromatic heterocycles. The van der Waals surface area contributed by atoms with Crippen LogP contribution in [0.4, 0.5) is 8.78 Å². The van der Waals surface area contributed by atoms with Gasteiger partial charge in [0.1, 0.15) is 29.0 Å². The second kappa shape index (κ2) is 6.18. The molecule has 2 N–H and O–H groups in total. The highest BCUT2D eigenvalue weighted by Crippen LogP contribution is 2.26. The molecule has 2 aromatic carbocycles. The standard InChI is InChI=1S/C16H15F2NOS/c1-9-5-12(16(19)21)6-10(2)15(9)20-8-11-3-4-13(17)7-14(11)18/h3-7H,8H2,1-2H3,(H2,19,21). The topological polar surface area (TPSA) is 35.2 Å². The number of hydrogen-bond acceptors (Lipinski definition) is 2. The molecule has 2 rings (SSSR count). The van der Waals surface area contributed by atoms with Gasteiger partial charge in [-0.2, -0.15) is 0 Å². The molecule has 2 aromatic rings. The first-order chi connectivity index (χ1) is 9.88. The van der Waals surface area contributed by atoms with Crippen LogP contribution in [0.1, 0.15) is 22.3 Å². The highest BCUT2D eigenvalue weighted by atomic mass is 32.1. The van der Waals surface area contributed by atoms with E-state index >= 15 is 0 Å². The zero-order valence-electron chi connectivity index (χ0n) is 11.7. The molecule has 21 heavy (non-hydrogen) atoms. The summed E-state index contributed by atoms with van der Waals surface area (Å²) in [4.78, 5) is 0.317. The minimum atomic E-state index is -0.620. The van der Waals surface area contributed by atoms with E-state index in [1.165, 1.54) is 12.1 Å². The maximum absolute atomic E-state index is 13.6. The van der Waals surface area contributed by atoms with Gasteiger partial charge in [-0.05, 0) is 49.2 Å². The van der Waals surface area contributed by atoms with Crippen LogP contribution in [0.15, 0.2) is 30.3 Å². The predicted octanol–water partition coefficient (Wildman–Crippen LogP) is 3.79. The number of aryl methyl sites for hydroxylation is 2. The molecule has 0 aliphatic carbocycles. The van der Waals surface area contributed by atoms with Crippen molar-refractivity contribution >= 4 is 17.2 Å². The molecule has 0 bridgehead atoms. The minimum Gasteiger partial charge on any atom is -0.488 e. The predicted molar refractivity (Wildman–Crippen MR) is 82.5 cm³/mol. The highest BCUT2D eigenvalue weighted by molar-refractivity contribution is 7.80. The van der Waals surface area contributed by atoms with Crippen molar-refractivity contribution < 1.29 is 13.5 Å². The summed E-state index contributed by atoms with van der Waals surface area (Å²) in [6.45, 7) is 3.76. The van der Waals surface area contributed by atoms with Gasteiger partial charge >= 0.3 is 0 Å². The van der Waals surface area contributed by atoms with E-state index in [0.717, 1.165) is 22.8 Å². The first-order valence-electron chi connectivity index (χ1n) is 6.36. The molecule has 0 spiro atoms. The van der Waals surface area contributed by atoms with E-state index < -0.39 is 11.6 Å². The molecule has 0 heterocycles. The van der Waals surface area contributed by atoms with Gasteiger partial charge < -0.3 is 10.5 Å². The lowest BCUT2D eigenvalue weighted by Crippen LogP contribution is -2.10. The summed E-state index contributed by atoms with van der Waals surface area (Å²) in [6, 6.07) is 7.07. The van der Waals surface area contributed by atoms with Crippen LogP contribution in [-0.4, -0.2) is 4.99 Å². The summed E-state index contributed by atoms with van der Waals surface area (Å²) in [5.41, 5.74) is 8.39. The SMILES string of the molecule is Cc1cc(C(N)=S)cc(C)c1OCc1ccc(F)cc1F. The van der Waals surface area contributed by atoms with Crippen molar-refractivity contribution in [2.45, 2.75) is 20.5 Å². The molecular weight excluding hydrogens is 292 g/mol. The number of rotatable bonds is 4. The van der Waals surface area contributed by atoms with Crippen LogP contribution in [0.5, 0.6) is 5.75 Å². The van der Waals surface area contributed by atoms with Gasteiger partial charge in [0, 0.05) is 17.2 Å². The van der Waals surface area contributed by atoms with Crippen molar-refractivity contribution in [2.75, 3.05) is 0 Å². The van der Waals surface area contributed by atoms with Crippen LogP contribution < -0.4 is 10.5 Å². The van der Waals surface area contributed by atoms with E-state index in [1.54, 1.807) is 0 Å². The lowest BCUT2D eigenvalue weighted by molar-refractivity contribution is 0.295. The largest absolute Gasteiger partial charge is 0.488 e. The molecule has 0 saturated heterocycles. The van der Waals surface area contributed by atoms with Crippen molar-refractivity contribution in [3.05, 3.63) is 64.2 Å². The maximum atomic E-state index is 13.6. The molecule has 110 valence electrons. The normalized spacial score (nSPS) is 10.5. The average Bonchev–Trinajstić information content (AvgIpc) is 2.39. The lowest BCUT2D eigenvalue weighted by atomic mass is 10.1. The summed E-state index contributed by atoms with van der Waals surface area (Å²) >= 11 is 4.95. The van der Waals surface area contributed by atoms with Gasteiger partial charge in [0.2, 0.25) is 0 Å². The van der Waals surface area contributed by atoms with Gasteiger partial charge in [0.25, 0.3) is 0 Å². The fraction of sp³-hybridized carbons (Fsp3) is 0.188. The Kier molecular flexibility index (Phi) is 4.53. The molecule has 0 aliphatic heterocycles. The number of ether oxygens (including phenoxy) is 1. The van der Waals surface area contributed by atoms with Crippen LogP contribution in [0, 0.1) is 25.5 Å². The number of hydrogen-bond donors (Lipinski definition) is 1. The van der Waals surface area contributed by atoms with Gasteiger partial charge in [-0.15, -0.1) is 0 Å². The Morgan fingerprint density at radius 2 is 1.76 bits per heavy atom. The van der Waals surface area contributed by atoms with Crippen molar-refractivity contribution in [3.63, 3.8) is 0 Å². The molecule has 0 saturated carbocycles. The van der Waals surface area contributed by atoms with E-state index in [-0.39, 0.29) is 6.61 Å². The summed E-state index contributed by atoms with van der Waals surface area (Å²) in [7, 11) is 0. The quantitative estimate of drug-likeness (QED) is 0.873. The second-order valence-corrected chi connectivity index (χ2v) is 5.27. The third-order valence-corrected chi connectivity index (χ3v) is 3.37.